The first-order valence-corrected chi connectivity index (χ1v) is 12.2. The Morgan fingerprint density at radius 1 is 0.781 bits per heavy atom. The first kappa shape index (κ1) is 21.4. The molecule has 2 aromatic carbocycles. The molecule has 32 heavy (non-hydrogen) atoms. The third kappa shape index (κ3) is 3.08. The SMILES string of the molecule is CC1=C(Sc2ccc(O)cc2)C2=C(C)C3(CC3)[C@@](C)(O)C(=O)C2=C1Sc1ccc(O)cc1. The van der Waals surface area contributed by atoms with Gasteiger partial charge in [0.25, 0.3) is 0 Å². The number of allylic oxidation sites excluding steroid dienone is 2. The molecule has 6 heteroatoms. The Morgan fingerprint density at radius 2 is 1.25 bits per heavy atom. The minimum Gasteiger partial charge on any atom is -0.508 e. The fourth-order valence-corrected chi connectivity index (χ4v) is 7.10. The Kier molecular flexibility index (Phi) is 4.89. The molecule has 3 aliphatic carbocycles. The highest BCUT2D eigenvalue weighted by atomic mass is 32.2. The largest absolute Gasteiger partial charge is 0.508 e. The van der Waals surface area contributed by atoms with Crippen molar-refractivity contribution in [3.05, 3.63) is 80.6 Å². The molecule has 1 spiro atoms. The molecule has 164 valence electrons. The van der Waals surface area contributed by atoms with Crippen LogP contribution in [0.25, 0.3) is 0 Å². The van der Waals surface area contributed by atoms with Crippen molar-refractivity contribution >= 4 is 29.3 Å². The first-order valence-electron chi connectivity index (χ1n) is 10.5. The van der Waals surface area contributed by atoms with Gasteiger partial charge in [-0.15, -0.1) is 0 Å². The van der Waals surface area contributed by atoms with Gasteiger partial charge in [-0.25, -0.2) is 0 Å². The summed E-state index contributed by atoms with van der Waals surface area (Å²) in [6, 6.07) is 14.0. The lowest BCUT2D eigenvalue weighted by molar-refractivity contribution is -0.137. The third-order valence-corrected chi connectivity index (χ3v) is 9.39. The normalized spacial score (nSPS) is 23.9. The fourth-order valence-electron chi connectivity index (χ4n) is 4.85. The van der Waals surface area contributed by atoms with Gasteiger partial charge in [-0.2, -0.15) is 0 Å². The average molecular weight is 465 g/mol. The van der Waals surface area contributed by atoms with Gasteiger partial charge in [0.15, 0.2) is 5.78 Å². The number of phenolic OH excluding ortho intramolecular Hbond substituents is 2. The van der Waals surface area contributed by atoms with Gasteiger partial charge in [-0.1, -0.05) is 29.1 Å². The topological polar surface area (TPSA) is 77.8 Å². The van der Waals surface area contributed by atoms with E-state index in [9.17, 15) is 20.1 Å². The summed E-state index contributed by atoms with van der Waals surface area (Å²) in [5.74, 6) is 0.195. The molecule has 1 atom stereocenters. The molecule has 0 heterocycles. The molecule has 0 aliphatic heterocycles. The highest BCUT2D eigenvalue weighted by Gasteiger charge is 2.65. The molecule has 2 aromatic rings. The zero-order chi connectivity index (χ0) is 22.8. The van der Waals surface area contributed by atoms with Crippen molar-refractivity contribution in [2.45, 2.75) is 49.0 Å². The number of phenols is 2. The van der Waals surface area contributed by atoms with Crippen LogP contribution in [-0.4, -0.2) is 26.7 Å². The molecule has 0 amide bonds. The molecule has 1 fully saturated rings. The predicted molar refractivity (Wildman–Crippen MR) is 128 cm³/mol. The van der Waals surface area contributed by atoms with Crippen molar-refractivity contribution in [1.29, 1.82) is 0 Å². The van der Waals surface area contributed by atoms with Gasteiger partial charge in [0.1, 0.15) is 17.1 Å². The Labute approximate surface area is 195 Å². The summed E-state index contributed by atoms with van der Waals surface area (Å²) in [6.45, 7) is 5.75. The number of fused-ring (bicyclic) bond motifs is 1. The van der Waals surface area contributed by atoms with E-state index < -0.39 is 11.0 Å². The number of aromatic hydroxyl groups is 2. The van der Waals surface area contributed by atoms with E-state index in [4.69, 9.17) is 0 Å². The lowest BCUT2D eigenvalue weighted by atomic mass is 9.68. The molecule has 3 N–H and O–H groups in total. The number of rotatable bonds is 4. The number of aliphatic hydroxyl groups is 1. The van der Waals surface area contributed by atoms with Crippen LogP contribution in [0, 0.1) is 5.41 Å². The van der Waals surface area contributed by atoms with Gasteiger partial charge in [0.05, 0.1) is 0 Å². The fraction of sp³-hybridized carbons (Fsp3) is 0.269. The van der Waals surface area contributed by atoms with Crippen LogP contribution in [0.2, 0.25) is 0 Å². The van der Waals surface area contributed by atoms with E-state index in [1.165, 1.54) is 11.8 Å². The maximum atomic E-state index is 13.7. The molecule has 0 aromatic heterocycles. The molecule has 0 radical (unpaired) electrons. The van der Waals surface area contributed by atoms with E-state index in [1.807, 2.05) is 31.2 Å². The van der Waals surface area contributed by atoms with E-state index in [2.05, 4.69) is 6.92 Å². The standard InChI is InChI=1S/C26H24O4S2/c1-14-22(31-18-8-4-16(27)5-9-18)20-15(2)26(12-13-26)25(3,30)24(29)21(20)23(14)32-19-10-6-17(28)7-11-19/h4-11,27-28,30H,12-13H2,1-3H3/t25-/m0/s1. The Balaban J connectivity index is 1.67. The number of thioether (sulfide) groups is 2. The van der Waals surface area contributed by atoms with Crippen LogP contribution in [0.1, 0.15) is 33.6 Å². The predicted octanol–water partition coefficient (Wildman–Crippen LogP) is 5.95. The number of hydrogen-bond acceptors (Lipinski definition) is 6. The van der Waals surface area contributed by atoms with Crippen LogP contribution in [0.4, 0.5) is 0 Å². The molecular formula is C26H24O4S2. The van der Waals surface area contributed by atoms with Crippen LogP contribution in [-0.2, 0) is 4.79 Å². The number of Topliss-reactive ketones (excluding diaryl/α,β-unsaturated/α-hetero) is 1. The van der Waals surface area contributed by atoms with E-state index in [0.29, 0.717) is 5.57 Å². The highest BCUT2D eigenvalue weighted by Crippen LogP contribution is 2.67. The van der Waals surface area contributed by atoms with Crippen molar-refractivity contribution in [1.82, 2.24) is 0 Å². The van der Waals surface area contributed by atoms with E-state index in [1.54, 1.807) is 43.0 Å². The second-order valence-electron chi connectivity index (χ2n) is 8.83. The lowest BCUT2D eigenvalue weighted by Crippen LogP contribution is -2.49. The number of hydrogen-bond donors (Lipinski definition) is 3. The van der Waals surface area contributed by atoms with E-state index in [0.717, 1.165) is 49.2 Å². The second-order valence-corrected chi connectivity index (χ2v) is 11.0. The lowest BCUT2D eigenvalue weighted by Gasteiger charge is -2.39. The first-order chi connectivity index (χ1) is 15.2. The smallest absolute Gasteiger partial charge is 0.196 e. The quantitative estimate of drug-likeness (QED) is 0.519. The highest BCUT2D eigenvalue weighted by molar-refractivity contribution is 8.04. The molecule has 0 bridgehead atoms. The number of ketones is 1. The molecule has 1 saturated carbocycles. The number of carbonyl (C=O) groups is 1. The van der Waals surface area contributed by atoms with Crippen molar-refractivity contribution < 1.29 is 20.1 Å². The molecule has 5 rings (SSSR count). The van der Waals surface area contributed by atoms with Crippen LogP contribution in [0.3, 0.4) is 0 Å². The molecule has 4 nitrogen and oxygen atoms in total. The Bertz CT molecular complexity index is 1230. The summed E-state index contributed by atoms with van der Waals surface area (Å²) in [5.41, 5.74) is 1.74. The summed E-state index contributed by atoms with van der Waals surface area (Å²) in [4.78, 5) is 17.5. The Hall–Kier alpha value is -2.41. The van der Waals surface area contributed by atoms with Gasteiger partial charge in [0, 0.05) is 36.2 Å². The average Bonchev–Trinajstić information content (AvgIpc) is 3.54. The minimum absolute atomic E-state index is 0.193. The van der Waals surface area contributed by atoms with Gasteiger partial charge in [-0.05, 0) is 87.7 Å². The summed E-state index contributed by atoms with van der Waals surface area (Å²) in [5, 5.41) is 30.7. The van der Waals surface area contributed by atoms with Crippen LogP contribution in [0.5, 0.6) is 11.5 Å². The molecule has 3 aliphatic rings. The van der Waals surface area contributed by atoms with Crippen LogP contribution >= 0.6 is 23.5 Å². The summed E-state index contributed by atoms with van der Waals surface area (Å²) in [7, 11) is 0. The third-order valence-electron chi connectivity index (χ3n) is 6.94. The van der Waals surface area contributed by atoms with Crippen molar-refractivity contribution in [2.24, 2.45) is 5.41 Å². The second kappa shape index (κ2) is 7.30. The minimum atomic E-state index is -1.42. The van der Waals surface area contributed by atoms with Crippen molar-refractivity contribution in [3.8, 4) is 11.5 Å². The summed E-state index contributed by atoms with van der Waals surface area (Å²) < 4.78 is 0. The summed E-state index contributed by atoms with van der Waals surface area (Å²) in [6.07, 6.45) is 1.62. The van der Waals surface area contributed by atoms with Gasteiger partial charge < -0.3 is 15.3 Å². The van der Waals surface area contributed by atoms with Crippen molar-refractivity contribution in [3.63, 3.8) is 0 Å². The molecular weight excluding hydrogens is 440 g/mol. The monoisotopic (exact) mass is 464 g/mol. The number of carbonyl (C=O) groups excluding carboxylic acids is 1. The van der Waals surface area contributed by atoms with Crippen molar-refractivity contribution in [2.75, 3.05) is 0 Å². The van der Waals surface area contributed by atoms with Gasteiger partial charge in [-0.3, -0.25) is 4.79 Å². The molecule has 0 unspecified atom stereocenters. The van der Waals surface area contributed by atoms with E-state index in [-0.39, 0.29) is 17.3 Å². The van der Waals surface area contributed by atoms with Crippen LogP contribution < -0.4 is 0 Å². The van der Waals surface area contributed by atoms with Crippen LogP contribution in [0.15, 0.2) is 90.4 Å². The van der Waals surface area contributed by atoms with Gasteiger partial charge >= 0.3 is 0 Å². The summed E-state index contributed by atoms with van der Waals surface area (Å²) >= 11 is 3.08. The number of benzene rings is 2. The Morgan fingerprint density at radius 3 is 1.72 bits per heavy atom. The zero-order valence-corrected chi connectivity index (χ0v) is 19.7. The zero-order valence-electron chi connectivity index (χ0n) is 18.1. The van der Waals surface area contributed by atoms with E-state index >= 15 is 0 Å². The molecule has 0 saturated heterocycles. The van der Waals surface area contributed by atoms with Gasteiger partial charge in [0.2, 0.25) is 0 Å². The maximum absolute atomic E-state index is 13.7. The maximum Gasteiger partial charge on any atom is 0.196 e.